The summed E-state index contributed by atoms with van der Waals surface area (Å²) in [6.07, 6.45) is 0.0211. The highest BCUT2D eigenvalue weighted by atomic mass is 32.2. The zero-order valence-corrected chi connectivity index (χ0v) is 15.1. The van der Waals surface area contributed by atoms with Crippen molar-refractivity contribution in [2.75, 3.05) is 0 Å². The smallest absolute Gasteiger partial charge is 0.294 e. The second-order valence-electron chi connectivity index (χ2n) is 5.91. The minimum absolute atomic E-state index is 0.181. The molecule has 26 heavy (non-hydrogen) atoms. The molecule has 0 unspecified atom stereocenters. The summed E-state index contributed by atoms with van der Waals surface area (Å²) in [5.41, 5.74) is 1.35. The first-order valence-electron chi connectivity index (χ1n) is 7.92. The number of rotatable bonds is 8. The summed E-state index contributed by atoms with van der Waals surface area (Å²) in [7, 11) is -4.37. The van der Waals surface area contributed by atoms with E-state index in [2.05, 4.69) is 6.58 Å². The lowest BCUT2D eigenvalue weighted by Crippen LogP contribution is -2.44. The summed E-state index contributed by atoms with van der Waals surface area (Å²) in [6, 6.07) is 13.9. The average Bonchev–Trinajstić information content (AvgIpc) is 2.63. The normalized spacial score (nSPS) is 13.6. The van der Waals surface area contributed by atoms with E-state index in [1.807, 2.05) is 6.92 Å². The van der Waals surface area contributed by atoms with Crippen LogP contribution in [0.15, 0.2) is 72.1 Å². The lowest BCUT2D eigenvalue weighted by atomic mass is 10.0. The molecule has 0 radical (unpaired) electrons. The van der Waals surface area contributed by atoms with Crippen molar-refractivity contribution in [1.29, 1.82) is 0 Å². The zero-order valence-electron chi connectivity index (χ0n) is 14.3. The Labute approximate surface area is 152 Å². The molecule has 1 atom stereocenters. The maximum absolute atomic E-state index is 12.9. The van der Waals surface area contributed by atoms with E-state index >= 15 is 0 Å². The van der Waals surface area contributed by atoms with Crippen LogP contribution in [0.3, 0.4) is 0 Å². The minimum atomic E-state index is -4.37. The van der Waals surface area contributed by atoms with Crippen molar-refractivity contribution in [2.24, 2.45) is 0 Å². The molecule has 2 rings (SSSR count). The Morgan fingerprint density at radius 2 is 1.73 bits per heavy atom. The van der Waals surface area contributed by atoms with Crippen LogP contribution in [0.25, 0.3) is 0 Å². The van der Waals surface area contributed by atoms with Crippen LogP contribution < -0.4 is 0 Å². The van der Waals surface area contributed by atoms with Gasteiger partial charge in [-0.2, -0.15) is 0 Å². The van der Waals surface area contributed by atoms with Crippen LogP contribution >= 0.6 is 0 Å². The maximum Gasteiger partial charge on any atom is 0.341 e. The van der Waals surface area contributed by atoms with Crippen molar-refractivity contribution in [2.45, 2.75) is 29.5 Å². The van der Waals surface area contributed by atoms with Crippen molar-refractivity contribution < 1.29 is 18.1 Å². The Morgan fingerprint density at radius 3 is 2.23 bits per heavy atom. The number of carbonyl (C=O) groups is 1. The molecule has 0 bridgehead atoms. The molecule has 0 aromatic heterocycles. The number of hydrogen-bond donors (Lipinski definition) is 0. The Kier molecular flexibility index (Phi) is 5.72. The van der Waals surface area contributed by atoms with Gasteiger partial charge < -0.3 is 0 Å². The first-order chi connectivity index (χ1) is 12.2. The van der Waals surface area contributed by atoms with Crippen LogP contribution in [-0.4, -0.2) is 24.0 Å². The Hall–Kier alpha value is -2.80. The third-order valence-corrected chi connectivity index (χ3v) is 6.57. The topological polar surface area (TPSA) is 94.3 Å². The molecular formula is C19H19NO5S. The number of Topliss-reactive ketones (excluding diaryl/α,β-unsaturated/α-hetero) is 1. The van der Waals surface area contributed by atoms with Crippen molar-refractivity contribution in [3.05, 3.63) is 88.5 Å². The molecule has 7 heteroatoms. The fraction of sp³-hybridized carbons (Fsp3) is 0.211. The number of benzene rings is 2. The molecule has 6 nitrogen and oxygen atoms in total. The van der Waals surface area contributed by atoms with Crippen LogP contribution in [0.4, 0.5) is 0 Å². The Morgan fingerprint density at radius 1 is 1.15 bits per heavy atom. The molecule has 0 heterocycles. The van der Waals surface area contributed by atoms with Gasteiger partial charge in [-0.3, -0.25) is 14.9 Å². The van der Waals surface area contributed by atoms with Gasteiger partial charge in [0.15, 0.2) is 5.78 Å². The van der Waals surface area contributed by atoms with Crippen molar-refractivity contribution >= 4 is 15.6 Å². The van der Waals surface area contributed by atoms with Gasteiger partial charge in [0.25, 0.3) is 9.84 Å². The lowest BCUT2D eigenvalue weighted by Gasteiger charge is -2.21. The van der Waals surface area contributed by atoms with Crippen LogP contribution in [-0.2, 0) is 9.84 Å². The van der Waals surface area contributed by atoms with Gasteiger partial charge in [0.1, 0.15) is 0 Å². The SMILES string of the molecule is C=C[C@@](CCC(=O)c1ccc(C)cc1)([N+](=O)[O-])S(=O)(=O)c1ccccc1. The zero-order chi connectivity index (χ0) is 19.4. The number of nitrogens with zero attached hydrogens (tertiary/aromatic N) is 1. The largest absolute Gasteiger partial charge is 0.341 e. The molecule has 0 saturated heterocycles. The minimum Gasteiger partial charge on any atom is -0.294 e. The molecule has 0 fully saturated rings. The van der Waals surface area contributed by atoms with Gasteiger partial charge in [0, 0.05) is 29.4 Å². The highest BCUT2D eigenvalue weighted by molar-refractivity contribution is 7.92. The molecule has 0 aliphatic carbocycles. The molecule has 0 N–H and O–H groups in total. The lowest BCUT2D eigenvalue weighted by molar-refractivity contribution is -0.527. The van der Waals surface area contributed by atoms with Gasteiger partial charge >= 0.3 is 4.87 Å². The molecular weight excluding hydrogens is 354 g/mol. The molecule has 0 saturated carbocycles. The third kappa shape index (κ3) is 3.57. The van der Waals surface area contributed by atoms with Gasteiger partial charge in [-0.25, -0.2) is 8.42 Å². The van der Waals surface area contributed by atoms with Gasteiger partial charge in [0.05, 0.1) is 4.90 Å². The van der Waals surface area contributed by atoms with Crippen molar-refractivity contribution in [3.63, 3.8) is 0 Å². The summed E-state index contributed by atoms with van der Waals surface area (Å²) in [5.74, 6) is -0.360. The van der Waals surface area contributed by atoms with Gasteiger partial charge in [-0.1, -0.05) is 54.6 Å². The fourth-order valence-corrected chi connectivity index (χ4v) is 4.30. The van der Waals surface area contributed by atoms with Crippen LogP contribution in [0, 0.1) is 17.0 Å². The van der Waals surface area contributed by atoms with Gasteiger partial charge in [-0.05, 0) is 19.1 Å². The van der Waals surface area contributed by atoms with Crippen LogP contribution in [0.2, 0.25) is 0 Å². The number of hydrogen-bond acceptors (Lipinski definition) is 5. The van der Waals surface area contributed by atoms with E-state index in [9.17, 15) is 23.3 Å². The summed E-state index contributed by atoms with van der Waals surface area (Å²) in [4.78, 5) is 20.5. The second-order valence-corrected chi connectivity index (χ2v) is 8.10. The number of aryl methyl sites for hydroxylation is 1. The summed E-state index contributed by atoms with van der Waals surface area (Å²) < 4.78 is 25.8. The van der Waals surface area contributed by atoms with E-state index in [1.165, 1.54) is 24.3 Å². The number of nitro groups is 1. The highest BCUT2D eigenvalue weighted by Gasteiger charge is 2.53. The van der Waals surface area contributed by atoms with E-state index in [0.717, 1.165) is 11.6 Å². The van der Waals surface area contributed by atoms with E-state index in [1.54, 1.807) is 30.3 Å². The molecule has 2 aromatic carbocycles. The molecule has 0 spiro atoms. The van der Waals surface area contributed by atoms with Gasteiger partial charge in [-0.15, -0.1) is 0 Å². The number of ketones is 1. The van der Waals surface area contributed by atoms with Crippen LogP contribution in [0.1, 0.15) is 28.8 Å². The average molecular weight is 373 g/mol. The maximum atomic E-state index is 12.9. The molecule has 2 aromatic rings. The molecule has 136 valence electrons. The standard InChI is InChI=1S/C19H19NO5S/c1-3-19(20(22)23,26(24,25)17-7-5-4-6-8-17)14-13-18(21)16-11-9-15(2)10-12-16/h3-12H,1,13-14H2,2H3/t19-/m1/s1. The fourth-order valence-electron chi connectivity index (χ4n) is 2.59. The highest BCUT2D eigenvalue weighted by Crippen LogP contribution is 2.32. The Balaban J connectivity index is 2.36. The summed E-state index contributed by atoms with van der Waals surface area (Å²) in [5, 5.41) is 11.7. The molecule has 0 amide bonds. The van der Waals surface area contributed by atoms with E-state index in [-0.39, 0.29) is 17.1 Å². The van der Waals surface area contributed by atoms with E-state index < -0.39 is 26.1 Å². The molecule has 0 aliphatic heterocycles. The first-order valence-corrected chi connectivity index (χ1v) is 9.40. The summed E-state index contributed by atoms with van der Waals surface area (Å²) in [6.45, 7) is 5.25. The molecule has 0 aliphatic rings. The Bertz CT molecular complexity index is 920. The predicted octanol–water partition coefficient (Wildman–Crippen LogP) is 3.59. The first kappa shape index (κ1) is 19.5. The van der Waals surface area contributed by atoms with Crippen molar-refractivity contribution in [3.8, 4) is 0 Å². The second kappa shape index (κ2) is 7.61. The van der Waals surface area contributed by atoms with E-state index in [4.69, 9.17) is 0 Å². The quantitative estimate of drug-likeness (QED) is 0.305. The summed E-state index contributed by atoms with van der Waals surface area (Å²) >= 11 is 0. The van der Waals surface area contributed by atoms with Gasteiger partial charge in [0.2, 0.25) is 0 Å². The number of sulfone groups is 1. The van der Waals surface area contributed by atoms with Crippen LogP contribution in [0.5, 0.6) is 0 Å². The monoisotopic (exact) mass is 373 g/mol. The van der Waals surface area contributed by atoms with E-state index in [0.29, 0.717) is 5.56 Å². The van der Waals surface area contributed by atoms with Crippen molar-refractivity contribution in [1.82, 2.24) is 0 Å². The number of carbonyl (C=O) groups excluding carboxylic acids is 1. The third-order valence-electron chi connectivity index (χ3n) is 4.23. The predicted molar refractivity (Wildman–Crippen MR) is 98.3 cm³/mol.